The van der Waals surface area contributed by atoms with Crippen LogP contribution in [-0.4, -0.2) is 13.3 Å². The Kier molecular flexibility index (Phi) is 4.42. The summed E-state index contributed by atoms with van der Waals surface area (Å²) in [6.07, 6.45) is -0.776. The molecule has 124 valence electrons. The minimum absolute atomic E-state index is 0.0123. The van der Waals surface area contributed by atoms with Gasteiger partial charge in [0, 0.05) is 5.39 Å². The average molecular weight is 326 g/mol. The fourth-order valence-corrected chi connectivity index (χ4v) is 2.40. The Morgan fingerprint density at radius 1 is 1.04 bits per heavy atom. The second-order valence-electron chi connectivity index (χ2n) is 5.55. The lowest BCUT2D eigenvalue weighted by Gasteiger charge is -2.04. The molecule has 0 amide bonds. The van der Waals surface area contributed by atoms with Crippen LogP contribution in [0.15, 0.2) is 46.9 Å². The minimum Gasteiger partial charge on any atom is -0.493 e. The summed E-state index contributed by atoms with van der Waals surface area (Å²) in [5.41, 5.74) is 2.78. The summed E-state index contributed by atoms with van der Waals surface area (Å²) in [6, 6.07) is 12.8. The molecule has 0 fully saturated rings. The maximum atomic E-state index is 11.8. The summed E-state index contributed by atoms with van der Waals surface area (Å²) in [4.78, 5) is 11.8. The first-order chi connectivity index (χ1) is 11.5. The predicted octanol–water partition coefficient (Wildman–Crippen LogP) is 4.77. The quantitative estimate of drug-likeness (QED) is 0.510. The fraction of sp³-hybridized carbons (Fsp3) is 0.211. The number of fused-ring (bicyclic) bond motifs is 1. The Morgan fingerprint density at radius 3 is 2.50 bits per heavy atom. The molecule has 5 heteroatoms. The van der Waals surface area contributed by atoms with Crippen LogP contribution in [-0.2, 0) is 11.3 Å². The maximum Gasteiger partial charge on any atom is 0.514 e. The molecule has 1 aromatic heterocycles. The van der Waals surface area contributed by atoms with Crippen LogP contribution in [0, 0.1) is 13.8 Å². The second-order valence-corrected chi connectivity index (χ2v) is 5.55. The maximum absolute atomic E-state index is 11.8. The molecule has 0 N–H and O–H groups in total. The van der Waals surface area contributed by atoms with Gasteiger partial charge >= 0.3 is 6.16 Å². The monoisotopic (exact) mass is 326 g/mol. The van der Waals surface area contributed by atoms with E-state index in [0.717, 1.165) is 16.5 Å². The van der Waals surface area contributed by atoms with Crippen molar-refractivity contribution in [2.24, 2.45) is 0 Å². The van der Waals surface area contributed by atoms with E-state index >= 15 is 0 Å². The van der Waals surface area contributed by atoms with E-state index in [-0.39, 0.29) is 6.61 Å². The molecule has 0 unspecified atom stereocenters. The summed E-state index contributed by atoms with van der Waals surface area (Å²) in [5, 5.41) is 0.900. The summed E-state index contributed by atoms with van der Waals surface area (Å²) < 4.78 is 21.2. The molecule has 0 saturated heterocycles. The summed E-state index contributed by atoms with van der Waals surface area (Å²) in [5.74, 6) is 1.61. The standard InChI is InChI=1S/C19H18O5/c1-12-4-6-15(7-5-12)24-19(20)22-11-16-10-14-8-13(2)9-17(21-3)18(14)23-16/h4-10H,11H2,1-3H3. The SMILES string of the molecule is COc1cc(C)cc2cc(COC(=O)Oc3ccc(C)cc3)oc12. The molecule has 0 saturated carbocycles. The first-order valence-corrected chi connectivity index (χ1v) is 7.53. The number of carbonyl (C=O) groups excluding carboxylic acids is 1. The van der Waals surface area contributed by atoms with Crippen LogP contribution in [0.5, 0.6) is 11.5 Å². The fourth-order valence-electron chi connectivity index (χ4n) is 2.40. The molecule has 5 nitrogen and oxygen atoms in total. The molecule has 3 rings (SSSR count). The van der Waals surface area contributed by atoms with Gasteiger partial charge in [-0.1, -0.05) is 17.7 Å². The highest BCUT2D eigenvalue weighted by Crippen LogP contribution is 2.30. The normalized spacial score (nSPS) is 10.6. The Morgan fingerprint density at radius 2 is 1.79 bits per heavy atom. The summed E-state index contributed by atoms with van der Waals surface area (Å²) >= 11 is 0. The highest BCUT2D eigenvalue weighted by Gasteiger charge is 2.12. The molecule has 0 bridgehead atoms. The van der Waals surface area contributed by atoms with Crippen molar-refractivity contribution >= 4 is 17.1 Å². The van der Waals surface area contributed by atoms with Crippen LogP contribution >= 0.6 is 0 Å². The largest absolute Gasteiger partial charge is 0.514 e. The van der Waals surface area contributed by atoms with Crippen LogP contribution in [0.3, 0.4) is 0 Å². The minimum atomic E-state index is -0.776. The van der Waals surface area contributed by atoms with E-state index < -0.39 is 6.16 Å². The van der Waals surface area contributed by atoms with Gasteiger partial charge in [0.15, 0.2) is 17.9 Å². The van der Waals surface area contributed by atoms with Gasteiger partial charge in [-0.15, -0.1) is 0 Å². The molecule has 3 aromatic rings. The number of hydrogen-bond donors (Lipinski definition) is 0. The molecule has 2 aromatic carbocycles. The van der Waals surface area contributed by atoms with Crippen LogP contribution in [0.1, 0.15) is 16.9 Å². The zero-order valence-electron chi connectivity index (χ0n) is 13.8. The first-order valence-electron chi connectivity index (χ1n) is 7.53. The second kappa shape index (κ2) is 6.66. The van der Waals surface area contributed by atoms with E-state index in [1.807, 2.05) is 44.2 Å². The van der Waals surface area contributed by atoms with Gasteiger partial charge in [-0.2, -0.15) is 0 Å². The van der Waals surface area contributed by atoms with Gasteiger partial charge in [-0.05, 0) is 49.7 Å². The average Bonchev–Trinajstić information content (AvgIpc) is 2.97. The molecule has 0 radical (unpaired) electrons. The molecule has 0 atom stereocenters. The number of rotatable bonds is 4. The van der Waals surface area contributed by atoms with E-state index in [0.29, 0.717) is 22.8 Å². The van der Waals surface area contributed by atoms with Crippen molar-refractivity contribution in [1.29, 1.82) is 0 Å². The van der Waals surface area contributed by atoms with Crippen LogP contribution < -0.4 is 9.47 Å². The Balaban J connectivity index is 1.67. The van der Waals surface area contributed by atoms with E-state index in [1.165, 1.54) is 0 Å². The lowest BCUT2D eigenvalue weighted by atomic mass is 10.1. The molecular weight excluding hydrogens is 308 g/mol. The zero-order chi connectivity index (χ0) is 17.1. The molecular formula is C19H18O5. The van der Waals surface area contributed by atoms with Crippen molar-refractivity contribution in [3.8, 4) is 11.5 Å². The lowest BCUT2D eigenvalue weighted by molar-refractivity contribution is 0.0869. The third-order valence-electron chi connectivity index (χ3n) is 3.55. The number of methoxy groups -OCH3 is 1. The Hall–Kier alpha value is -2.95. The van der Waals surface area contributed by atoms with Crippen LogP contribution in [0.2, 0.25) is 0 Å². The predicted molar refractivity (Wildman–Crippen MR) is 89.5 cm³/mol. The number of furan rings is 1. The van der Waals surface area contributed by atoms with Gasteiger partial charge in [0.1, 0.15) is 11.5 Å². The van der Waals surface area contributed by atoms with E-state index in [1.54, 1.807) is 19.2 Å². The van der Waals surface area contributed by atoms with E-state index in [2.05, 4.69) is 0 Å². The first kappa shape index (κ1) is 15.9. The summed E-state index contributed by atoms with van der Waals surface area (Å²) in [7, 11) is 1.59. The molecule has 0 aliphatic heterocycles. The number of carbonyl (C=O) groups is 1. The Labute approximate surface area is 139 Å². The van der Waals surface area contributed by atoms with Gasteiger partial charge in [0.2, 0.25) is 0 Å². The van der Waals surface area contributed by atoms with Crippen molar-refractivity contribution in [1.82, 2.24) is 0 Å². The number of aryl methyl sites for hydroxylation is 2. The number of hydrogen-bond acceptors (Lipinski definition) is 5. The zero-order valence-corrected chi connectivity index (χ0v) is 13.8. The van der Waals surface area contributed by atoms with Crippen molar-refractivity contribution in [2.45, 2.75) is 20.5 Å². The van der Waals surface area contributed by atoms with Crippen molar-refractivity contribution < 1.29 is 23.4 Å². The molecule has 1 heterocycles. The lowest BCUT2D eigenvalue weighted by Crippen LogP contribution is -2.10. The van der Waals surface area contributed by atoms with Crippen LogP contribution in [0.4, 0.5) is 4.79 Å². The van der Waals surface area contributed by atoms with Crippen LogP contribution in [0.25, 0.3) is 11.0 Å². The third kappa shape index (κ3) is 3.51. The topological polar surface area (TPSA) is 57.9 Å². The Bertz CT molecular complexity index is 861. The molecule has 0 aliphatic carbocycles. The van der Waals surface area contributed by atoms with E-state index in [9.17, 15) is 4.79 Å². The van der Waals surface area contributed by atoms with Crippen molar-refractivity contribution in [3.63, 3.8) is 0 Å². The molecule has 0 aliphatic rings. The third-order valence-corrected chi connectivity index (χ3v) is 3.55. The smallest absolute Gasteiger partial charge is 0.493 e. The highest BCUT2D eigenvalue weighted by atomic mass is 16.7. The number of ether oxygens (including phenoxy) is 3. The molecule has 0 spiro atoms. The van der Waals surface area contributed by atoms with Gasteiger partial charge in [-0.25, -0.2) is 4.79 Å². The van der Waals surface area contributed by atoms with Gasteiger partial charge < -0.3 is 18.6 Å². The van der Waals surface area contributed by atoms with Crippen molar-refractivity contribution in [2.75, 3.05) is 7.11 Å². The molecule has 24 heavy (non-hydrogen) atoms. The summed E-state index contributed by atoms with van der Waals surface area (Å²) in [6.45, 7) is 3.92. The van der Waals surface area contributed by atoms with Gasteiger partial charge in [0.05, 0.1) is 7.11 Å². The van der Waals surface area contributed by atoms with E-state index in [4.69, 9.17) is 18.6 Å². The van der Waals surface area contributed by atoms with Gasteiger partial charge in [0.25, 0.3) is 0 Å². The van der Waals surface area contributed by atoms with Gasteiger partial charge in [-0.3, -0.25) is 0 Å². The van der Waals surface area contributed by atoms with Crippen molar-refractivity contribution in [3.05, 3.63) is 59.4 Å². The highest BCUT2D eigenvalue weighted by molar-refractivity contribution is 5.84. The number of benzene rings is 2.